The fraction of sp³-hybridized carbons (Fsp3) is 0.273. The van der Waals surface area contributed by atoms with Gasteiger partial charge in [-0.05, 0) is 23.6 Å². The average Bonchev–Trinajstić information content (AvgIpc) is 2.67. The Balaban J connectivity index is 2.23. The van der Waals surface area contributed by atoms with E-state index in [0.29, 0.717) is 4.90 Å². The summed E-state index contributed by atoms with van der Waals surface area (Å²) in [5.74, 6) is 0.0409. The van der Waals surface area contributed by atoms with Crippen LogP contribution in [0.3, 0.4) is 0 Å². The lowest BCUT2D eigenvalue weighted by Gasteiger charge is -2.21. The van der Waals surface area contributed by atoms with Gasteiger partial charge < -0.3 is 5.11 Å². The largest absolute Gasteiger partial charge is 0.388 e. The Morgan fingerprint density at radius 1 is 0.962 bits per heavy atom. The Kier molecular flexibility index (Phi) is 7.37. The summed E-state index contributed by atoms with van der Waals surface area (Å²) in [5.41, 5.74) is 1.04. The van der Waals surface area contributed by atoms with Crippen LogP contribution in [0.25, 0.3) is 6.08 Å². The molecule has 0 heterocycles. The molecule has 1 unspecified atom stereocenters. The first-order valence-corrected chi connectivity index (χ1v) is 10.3. The molecule has 3 nitrogen and oxygen atoms in total. The molecule has 0 spiro atoms. The van der Waals surface area contributed by atoms with E-state index in [4.69, 9.17) is 0 Å². The van der Waals surface area contributed by atoms with Crippen molar-refractivity contribution in [2.75, 3.05) is 7.05 Å². The van der Waals surface area contributed by atoms with Crippen LogP contribution in [0.15, 0.2) is 87.5 Å². The van der Waals surface area contributed by atoms with E-state index in [1.54, 1.807) is 18.5 Å². The molecule has 2 aromatic carbocycles. The summed E-state index contributed by atoms with van der Waals surface area (Å²) in [6.45, 7) is 4.09. The summed E-state index contributed by atoms with van der Waals surface area (Å²) in [6, 6.07) is 19.1. The number of hydrogen-bond acceptors (Lipinski definition) is 3. The van der Waals surface area contributed by atoms with Gasteiger partial charge in [-0.15, -0.1) is 0 Å². The zero-order valence-corrected chi connectivity index (χ0v) is 16.3. The lowest BCUT2D eigenvalue weighted by molar-refractivity contribution is 0.151. The van der Waals surface area contributed by atoms with Gasteiger partial charge in [0, 0.05) is 18.4 Å². The Morgan fingerprint density at radius 3 is 2.08 bits per heavy atom. The van der Waals surface area contributed by atoms with Crippen LogP contribution in [0.5, 0.6) is 0 Å². The van der Waals surface area contributed by atoms with E-state index in [1.165, 1.54) is 0 Å². The van der Waals surface area contributed by atoms with Crippen molar-refractivity contribution in [3.8, 4) is 0 Å². The van der Waals surface area contributed by atoms with Gasteiger partial charge in [0.2, 0.25) is 0 Å². The maximum absolute atomic E-state index is 13.1. The van der Waals surface area contributed by atoms with Crippen LogP contribution in [0.1, 0.15) is 19.4 Å². The van der Waals surface area contributed by atoms with Crippen molar-refractivity contribution < 1.29 is 9.32 Å². The molecule has 2 aromatic rings. The molecule has 0 saturated heterocycles. The zero-order valence-electron chi connectivity index (χ0n) is 15.5. The van der Waals surface area contributed by atoms with Crippen LogP contribution in [0.4, 0.5) is 0 Å². The number of benzene rings is 2. The third-order valence-electron chi connectivity index (χ3n) is 4.29. The van der Waals surface area contributed by atoms with E-state index >= 15 is 0 Å². The van der Waals surface area contributed by atoms with Crippen molar-refractivity contribution in [2.45, 2.75) is 24.8 Å². The molecule has 138 valence electrons. The summed E-state index contributed by atoms with van der Waals surface area (Å²) < 4.78 is 17.2. The van der Waals surface area contributed by atoms with Crippen molar-refractivity contribution >= 4 is 15.8 Å². The fourth-order valence-electron chi connectivity index (χ4n) is 2.69. The highest BCUT2D eigenvalue weighted by Crippen LogP contribution is 2.22. The molecule has 0 aliphatic rings. The monoisotopic (exact) mass is 369 g/mol. The molecule has 1 N–H and O–H groups in total. The summed E-state index contributed by atoms with van der Waals surface area (Å²) in [6.07, 6.45) is 4.87. The molecule has 0 aromatic heterocycles. The van der Waals surface area contributed by atoms with Gasteiger partial charge in [0.15, 0.2) is 0 Å². The van der Waals surface area contributed by atoms with Gasteiger partial charge in [0.25, 0.3) is 0 Å². The van der Waals surface area contributed by atoms with Gasteiger partial charge in [0.1, 0.15) is 0 Å². The van der Waals surface area contributed by atoms with E-state index in [9.17, 15) is 9.32 Å². The van der Waals surface area contributed by atoms with Crippen molar-refractivity contribution in [1.29, 1.82) is 0 Å². The molecule has 26 heavy (non-hydrogen) atoms. The van der Waals surface area contributed by atoms with E-state index in [-0.39, 0.29) is 11.8 Å². The minimum absolute atomic E-state index is 0.152. The highest BCUT2D eigenvalue weighted by Gasteiger charge is 2.19. The van der Waals surface area contributed by atoms with Crippen molar-refractivity contribution in [3.63, 3.8) is 0 Å². The Bertz CT molecular complexity index is 848. The number of rotatable bonds is 7. The highest BCUT2D eigenvalue weighted by molar-refractivity contribution is 7.96. The van der Waals surface area contributed by atoms with E-state index in [0.717, 1.165) is 5.56 Å². The van der Waals surface area contributed by atoms with Crippen LogP contribution in [-0.4, -0.2) is 22.5 Å². The third kappa shape index (κ3) is 5.41. The molecule has 3 atom stereocenters. The Labute approximate surface area is 157 Å². The van der Waals surface area contributed by atoms with Crippen molar-refractivity contribution in [3.05, 3.63) is 83.8 Å². The molecule has 0 aliphatic carbocycles. The van der Waals surface area contributed by atoms with Gasteiger partial charge in [-0.25, -0.2) is 8.57 Å². The first kappa shape index (κ1) is 20.1. The smallest absolute Gasteiger partial charge is 0.0963 e. The first-order chi connectivity index (χ1) is 12.5. The quantitative estimate of drug-likeness (QED) is 0.746. The molecular weight excluding hydrogens is 342 g/mol. The van der Waals surface area contributed by atoms with Crippen LogP contribution in [0, 0.1) is 11.8 Å². The summed E-state index contributed by atoms with van der Waals surface area (Å²) in [7, 11) is -1.06. The Morgan fingerprint density at radius 2 is 1.54 bits per heavy atom. The van der Waals surface area contributed by atoms with Gasteiger partial charge in [0.05, 0.1) is 20.7 Å². The topological polar surface area (TPSA) is 49.7 Å². The molecule has 0 amide bonds. The first-order valence-electron chi connectivity index (χ1n) is 8.76. The van der Waals surface area contributed by atoms with Crippen LogP contribution < -0.4 is 0 Å². The molecule has 0 bridgehead atoms. The maximum atomic E-state index is 13.1. The van der Waals surface area contributed by atoms with Crippen LogP contribution in [0.2, 0.25) is 0 Å². The fourth-order valence-corrected chi connectivity index (χ4v) is 4.12. The van der Waals surface area contributed by atoms with E-state index < -0.39 is 15.8 Å². The molecule has 0 aliphatic heterocycles. The Hall–Kier alpha value is -2.17. The molecule has 4 heteroatoms. The second-order valence-corrected chi connectivity index (χ2v) is 8.72. The predicted molar refractivity (Wildman–Crippen MR) is 110 cm³/mol. The number of nitrogens with zero attached hydrogens (tertiary/aromatic N) is 1. The van der Waals surface area contributed by atoms with Crippen molar-refractivity contribution in [2.24, 2.45) is 16.2 Å². The lowest BCUT2D eigenvalue weighted by atomic mass is 9.90. The molecule has 0 saturated carbocycles. The van der Waals surface area contributed by atoms with E-state index in [2.05, 4.69) is 4.36 Å². The second-order valence-electron chi connectivity index (χ2n) is 6.47. The van der Waals surface area contributed by atoms with Gasteiger partial charge >= 0.3 is 0 Å². The second kappa shape index (κ2) is 9.51. The summed E-state index contributed by atoms with van der Waals surface area (Å²) in [4.78, 5) is 0.676. The maximum Gasteiger partial charge on any atom is 0.0963 e. The van der Waals surface area contributed by atoms with Crippen LogP contribution in [-0.2, 0) is 9.73 Å². The molecule has 0 fully saturated rings. The minimum Gasteiger partial charge on any atom is -0.388 e. The molecule has 2 rings (SSSR count). The third-order valence-corrected chi connectivity index (χ3v) is 6.30. The summed E-state index contributed by atoms with van der Waals surface area (Å²) in [5, 5.41) is 12.3. The number of aliphatic hydroxyl groups is 1. The predicted octanol–water partition coefficient (Wildman–Crippen LogP) is 5.00. The normalized spacial score (nSPS) is 16.7. The minimum atomic E-state index is -2.63. The van der Waals surface area contributed by atoms with Crippen LogP contribution >= 0.6 is 0 Å². The molecular formula is C22H27NO2S. The highest BCUT2D eigenvalue weighted by atomic mass is 32.2. The number of hydrogen-bond donors (Lipinski definition) is 1. The van der Waals surface area contributed by atoms with Gasteiger partial charge in [-0.3, -0.25) is 0 Å². The zero-order chi connectivity index (χ0) is 19.0. The van der Waals surface area contributed by atoms with E-state index in [1.807, 2.05) is 86.7 Å². The summed E-state index contributed by atoms with van der Waals surface area (Å²) >= 11 is 0. The lowest BCUT2D eigenvalue weighted by Crippen LogP contribution is -2.21. The molecule has 0 radical (unpaired) electrons. The SMILES string of the molecule is CN=S(=O)(/C=C\[C@H](C(C)C)[C@H](O)/C=C/c1ccccc1)c1ccccc1. The van der Waals surface area contributed by atoms with Crippen molar-refractivity contribution in [1.82, 2.24) is 0 Å². The average molecular weight is 370 g/mol. The van der Waals surface area contributed by atoms with Gasteiger partial charge in [-0.2, -0.15) is 0 Å². The number of aliphatic hydroxyl groups excluding tert-OH is 1. The van der Waals surface area contributed by atoms with Gasteiger partial charge in [-0.1, -0.05) is 80.6 Å². The standard InChI is InChI=1S/C22H27NO2S/c1-18(2)21(22(24)15-14-19-10-6-4-7-11-19)16-17-26(25,23-3)20-12-8-5-9-13-20/h4-18,21-22,24H,1-3H3/b15-14+,17-16-/t21-,22-,26?/m1/s1.